The first-order valence-corrected chi connectivity index (χ1v) is 9.37. The summed E-state index contributed by atoms with van der Waals surface area (Å²) >= 11 is 1.39. The number of likely N-dealkylation sites (tertiary alicyclic amines) is 1. The number of benzene rings is 1. The van der Waals surface area contributed by atoms with Crippen molar-refractivity contribution in [3.05, 3.63) is 51.1 Å². The van der Waals surface area contributed by atoms with E-state index in [1.54, 1.807) is 29.2 Å². The number of anilines is 1. The lowest BCUT2D eigenvalue weighted by molar-refractivity contribution is -0.121. The molecule has 26 heavy (non-hydrogen) atoms. The number of aromatic nitrogens is 2. The zero-order valence-electron chi connectivity index (χ0n) is 14.0. The Bertz CT molecular complexity index is 1010. The van der Waals surface area contributed by atoms with Crippen LogP contribution < -0.4 is 11.0 Å². The second-order valence-corrected chi connectivity index (χ2v) is 7.26. The molecule has 0 saturated carbocycles. The highest BCUT2D eigenvalue weighted by atomic mass is 32.1. The number of nitrogens with one attached hydrogen (secondary N) is 3. The summed E-state index contributed by atoms with van der Waals surface area (Å²) in [6, 6.07) is 8.31. The minimum Gasteiger partial charge on any atom is -0.326 e. The van der Waals surface area contributed by atoms with E-state index in [-0.39, 0.29) is 17.5 Å². The molecule has 7 nitrogen and oxygen atoms in total. The number of nitrogens with zero attached hydrogens (tertiary/aromatic N) is 1. The minimum absolute atomic E-state index is 0.0923. The Kier molecular flexibility index (Phi) is 4.34. The number of H-pyrrole nitrogens is 2. The summed E-state index contributed by atoms with van der Waals surface area (Å²) in [6.45, 7) is 0.582. The average Bonchev–Trinajstić information content (AvgIpc) is 3.29. The number of hydrogen-bond acceptors (Lipinski definition) is 4. The van der Waals surface area contributed by atoms with E-state index in [9.17, 15) is 14.4 Å². The van der Waals surface area contributed by atoms with Crippen LogP contribution in [0.1, 0.15) is 28.9 Å². The van der Waals surface area contributed by atoms with E-state index >= 15 is 0 Å². The number of imidazole rings is 1. The summed E-state index contributed by atoms with van der Waals surface area (Å²) in [5.41, 5.74) is 1.61. The minimum atomic E-state index is -0.487. The van der Waals surface area contributed by atoms with E-state index < -0.39 is 6.04 Å². The molecule has 134 valence electrons. The molecule has 1 aliphatic heterocycles. The summed E-state index contributed by atoms with van der Waals surface area (Å²) in [7, 11) is 0. The molecule has 0 bridgehead atoms. The first kappa shape index (κ1) is 16.6. The highest BCUT2D eigenvalue weighted by Gasteiger charge is 2.33. The number of carbonyl (C=O) groups is 2. The lowest BCUT2D eigenvalue weighted by atomic mass is 10.0. The summed E-state index contributed by atoms with van der Waals surface area (Å²) in [6.07, 6.45) is 2.46. The predicted octanol–water partition coefficient (Wildman–Crippen LogP) is 2.55. The third-order valence-corrected chi connectivity index (χ3v) is 5.44. The van der Waals surface area contributed by atoms with Crippen molar-refractivity contribution in [2.24, 2.45) is 0 Å². The fourth-order valence-corrected chi connectivity index (χ4v) is 4.00. The van der Waals surface area contributed by atoms with Gasteiger partial charge in [0.25, 0.3) is 5.91 Å². The van der Waals surface area contributed by atoms with E-state index in [1.807, 2.05) is 11.4 Å². The molecule has 1 saturated heterocycles. The summed E-state index contributed by atoms with van der Waals surface area (Å²) in [5.74, 6) is -0.294. The molecule has 4 rings (SSSR count). The molecule has 0 aliphatic carbocycles. The predicted molar refractivity (Wildman–Crippen MR) is 101 cm³/mol. The second kappa shape index (κ2) is 6.80. The van der Waals surface area contributed by atoms with Crippen molar-refractivity contribution in [3.8, 4) is 0 Å². The smallest absolute Gasteiger partial charge is 0.323 e. The van der Waals surface area contributed by atoms with Crippen LogP contribution >= 0.6 is 11.3 Å². The molecule has 3 heterocycles. The quantitative estimate of drug-likeness (QED) is 0.661. The number of aromatic amines is 2. The van der Waals surface area contributed by atoms with Crippen molar-refractivity contribution in [2.75, 3.05) is 11.9 Å². The molecule has 3 N–H and O–H groups in total. The van der Waals surface area contributed by atoms with Crippen molar-refractivity contribution in [1.82, 2.24) is 14.9 Å². The zero-order valence-corrected chi connectivity index (χ0v) is 14.8. The number of fused-ring (bicyclic) bond motifs is 1. The van der Waals surface area contributed by atoms with Crippen molar-refractivity contribution >= 4 is 39.9 Å². The second-order valence-electron chi connectivity index (χ2n) is 6.32. The molecule has 2 aromatic heterocycles. The molecule has 3 aromatic rings. The molecule has 0 spiro atoms. The third kappa shape index (κ3) is 3.15. The van der Waals surface area contributed by atoms with E-state index in [0.29, 0.717) is 34.6 Å². The maximum Gasteiger partial charge on any atom is 0.323 e. The standard InChI is InChI=1S/C18H18N4O3S/c23-16(19-11-6-7-12-13(10-11)21-18(25)20-12)14-4-1-2-8-22(14)17(24)15-5-3-9-26-15/h3,5-7,9-10,14H,1-2,4,8H2,(H,19,23)(H2,20,21,25). The highest BCUT2D eigenvalue weighted by Crippen LogP contribution is 2.23. The molecule has 0 radical (unpaired) electrons. The van der Waals surface area contributed by atoms with E-state index in [1.165, 1.54) is 11.3 Å². The number of rotatable bonds is 3. The van der Waals surface area contributed by atoms with Gasteiger partial charge in [-0.1, -0.05) is 6.07 Å². The van der Waals surface area contributed by atoms with Gasteiger partial charge < -0.3 is 20.2 Å². The van der Waals surface area contributed by atoms with E-state index in [2.05, 4.69) is 15.3 Å². The Morgan fingerprint density at radius 2 is 2.00 bits per heavy atom. The molecule has 1 aliphatic rings. The van der Waals surface area contributed by atoms with Gasteiger partial charge in [-0.15, -0.1) is 11.3 Å². The van der Waals surface area contributed by atoms with Gasteiger partial charge in [0.2, 0.25) is 5.91 Å². The molecule has 8 heteroatoms. The van der Waals surface area contributed by atoms with Crippen LogP contribution in [0.5, 0.6) is 0 Å². The van der Waals surface area contributed by atoms with Gasteiger partial charge in [-0.3, -0.25) is 9.59 Å². The van der Waals surface area contributed by atoms with Crippen molar-refractivity contribution in [3.63, 3.8) is 0 Å². The molecular formula is C18H18N4O3S. The Morgan fingerprint density at radius 1 is 1.15 bits per heavy atom. The van der Waals surface area contributed by atoms with Crippen LogP contribution in [0.3, 0.4) is 0 Å². The average molecular weight is 370 g/mol. The summed E-state index contributed by atoms with van der Waals surface area (Å²) in [4.78, 5) is 44.5. The number of piperidine rings is 1. The van der Waals surface area contributed by atoms with Gasteiger partial charge in [0.1, 0.15) is 6.04 Å². The number of thiophene rings is 1. The van der Waals surface area contributed by atoms with Gasteiger partial charge in [0, 0.05) is 12.2 Å². The van der Waals surface area contributed by atoms with Crippen molar-refractivity contribution < 1.29 is 9.59 Å². The summed E-state index contributed by atoms with van der Waals surface area (Å²) < 4.78 is 0. The normalized spacial score (nSPS) is 17.4. The fraction of sp³-hybridized carbons (Fsp3) is 0.278. The van der Waals surface area contributed by atoms with Crippen LogP contribution in [0.2, 0.25) is 0 Å². The van der Waals surface area contributed by atoms with Crippen LogP contribution in [0.15, 0.2) is 40.5 Å². The first-order valence-electron chi connectivity index (χ1n) is 8.49. The van der Waals surface area contributed by atoms with Gasteiger partial charge >= 0.3 is 5.69 Å². The molecule has 1 unspecified atom stereocenters. The first-order chi connectivity index (χ1) is 12.6. The molecule has 2 amide bonds. The lowest BCUT2D eigenvalue weighted by Gasteiger charge is -2.34. The number of amides is 2. The SMILES string of the molecule is O=C(Nc1ccc2[nH]c(=O)[nH]c2c1)C1CCCCN1C(=O)c1cccs1. The molecule has 1 atom stereocenters. The van der Waals surface area contributed by atoms with Crippen LogP contribution in [0, 0.1) is 0 Å². The third-order valence-electron chi connectivity index (χ3n) is 4.58. The van der Waals surface area contributed by atoms with E-state index in [4.69, 9.17) is 0 Å². The van der Waals surface area contributed by atoms with Gasteiger partial charge in [-0.2, -0.15) is 0 Å². The zero-order chi connectivity index (χ0) is 18.1. The Balaban J connectivity index is 1.54. The number of carbonyl (C=O) groups excluding carboxylic acids is 2. The Labute approximate surface area is 153 Å². The van der Waals surface area contributed by atoms with Crippen LogP contribution in [0.25, 0.3) is 11.0 Å². The van der Waals surface area contributed by atoms with Crippen molar-refractivity contribution in [2.45, 2.75) is 25.3 Å². The molecule has 1 fully saturated rings. The topological polar surface area (TPSA) is 98.1 Å². The largest absolute Gasteiger partial charge is 0.326 e. The van der Waals surface area contributed by atoms with Crippen LogP contribution in [-0.2, 0) is 4.79 Å². The van der Waals surface area contributed by atoms with E-state index in [0.717, 1.165) is 12.8 Å². The monoisotopic (exact) mass is 370 g/mol. The van der Waals surface area contributed by atoms with Gasteiger partial charge in [-0.05, 0) is 48.9 Å². The Morgan fingerprint density at radius 3 is 2.81 bits per heavy atom. The van der Waals surface area contributed by atoms with Gasteiger partial charge in [-0.25, -0.2) is 4.79 Å². The maximum absolute atomic E-state index is 12.8. The van der Waals surface area contributed by atoms with Gasteiger partial charge in [0.15, 0.2) is 0 Å². The summed E-state index contributed by atoms with van der Waals surface area (Å²) in [5, 5.41) is 4.74. The maximum atomic E-state index is 12.8. The van der Waals surface area contributed by atoms with Gasteiger partial charge in [0.05, 0.1) is 15.9 Å². The van der Waals surface area contributed by atoms with Crippen molar-refractivity contribution in [1.29, 1.82) is 0 Å². The number of hydrogen-bond donors (Lipinski definition) is 3. The highest BCUT2D eigenvalue weighted by molar-refractivity contribution is 7.12. The Hall–Kier alpha value is -2.87. The van der Waals surface area contributed by atoms with Crippen LogP contribution in [0.4, 0.5) is 5.69 Å². The molecular weight excluding hydrogens is 352 g/mol. The van der Waals surface area contributed by atoms with Crippen LogP contribution in [-0.4, -0.2) is 39.3 Å². The fourth-order valence-electron chi connectivity index (χ4n) is 3.32. The molecule has 1 aromatic carbocycles. The lowest BCUT2D eigenvalue weighted by Crippen LogP contribution is -2.49.